The van der Waals surface area contributed by atoms with Gasteiger partial charge in [0.1, 0.15) is 5.75 Å². The number of hydrogen-bond acceptors (Lipinski definition) is 5. The van der Waals surface area contributed by atoms with Gasteiger partial charge in [0.15, 0.2) is 0 Å². The fourth-order valence-electron chi connectivity index (χ4n) is 1.20. The fraction of sp³-hybridized carbons (Fsp3) is 0.182. The van der Waals surface area contributed by atoms with Crippen molar-refractivity contribution in [2.75, 3.05) is 7.05 Å². The van der Waals surface area contributed by atoms with Gasteiger partial charge < -0.3 is 10.1 Å². The SMILES string of the molecule is CNCc1cnc(Oc2cccnc2)nc1. The number of nitrogens with one attached hydrogen (secondary N) is 1. The van der Waals surface area contributed by atoms with Crippen LogP contribution >= 0.6 is 0 Å². The first-order valence-corrected chi connectivity index (χ1v) is 4.92. The van der Waals surface area contributed by atoms with Crippen molar-refractivity contribution < 1.29 is 4.74 Å². The summed E-state index contributed by atoms with van der Waals surface area (Å²) in [6.45, 7) is 0.743. The lowest BCUT2D eigenvalue weighted by Gasteiger charge is -2.03. The minimum Gasteiger partial charge on any atom is -0.423 e. The normalized spacial score (nSPS) is 10.1. The van der Waals surface area contributed by atoms with E-state index in [0.29, 0.717) is 11.8 Å². The van der Waals surface area contributed by atoms with E-state index in [0.717, 1.165) is 12.1 Å². The summed E-state index contributed by atoms with van der Waals surface area (Å²) in [6, 6.07) is 3.93. The second-order valence-corrected chi connectivity index (χ2v) is 3.20. The molecule has 0 fully saturated rings. The van der Waals surface area contributed by atoms with Crippen molar-refractivity contribution in [2.45, 2.75) is 6.54 Å². The van der Waals surface area contributed by atoms with Crippen molar-refractivity contribution in [3.05, 3.63) is 42.5 Å². The topological polar surface area (TPSA) is 59.9 Å². The molecular formula is C11H12N4O. The summed E-state index contributed by atoms with van der Waals surface area (Å²) < 4.78 is 5.41. The predicted octanol–water partition coefficient (Wildman–Crippen LogP) is 1.38. The van der Waals surface area contributed by atoms with E-state index in [1.165, 1.54) is 0 Å². The maximum atomic E-state index is 5.41. The zero-order chi connectivity index (χ0) is 11.2. The van der Waals surface area contributed by atoms with E-state index in [9.17, 15) is 0 Å². The smallest absolute Gasteiger partial charge is 0.321 e. The van der Waals surface area contributed by atoms with Crippen LogP contribution in [0.1, 0.15) is 5.56 Å². The van der Waals surface area contributed by atoms with E-state index in [1.807, 2.05) is 7.05 Å². The molecule has 0 aliphatic carbocycles. The highest BCUT2D eigenvalue weighted by molar-refractivity contribution is 5.20. The van der Waals surface area contributed by atoms with Crippen molar-refractivity contribution in [2.24, 2.45) is 0 Å². The molecule has 0 bridgehead atoms. The molecule has 2 aromatic rings. The van der Waals surface area contributed by atoms with Gasteiger partial charge in [0.2, 0.25) is 0 Å². The second kappa shape index (κ2) is 5.18. The Kier molecular flexibility index (Phi) is 3.40. The van der Waals surface area contributed by atoms with Crippen LogP contribution < -0.4 is 10.1 Å². The summed E-state index contributed by atoms with van der Waals surface area (Å²) in [4.78, 5) is 12.1. The Morgan fingerprint density at radius 1 is 1.25 bits per heavy atom. The van der Waals surface area contributed by atoms with Gasteiger partial charge in [-0.25, -0.2) is 9.97 Å². The number of ether oxygens (including phenoxy) is 1. The highest BCUT2D eigenvalue weighted by atomic mass is 16.5. The molecule has 0 atom stereocenters. The zero-order valence-electron chi connectivity index (χ0n) is 8.92. The van der Waals surface area contributed by atoms with E-state index in [4.69, 9.17) is 4.74 Å². The first kappa shape index (κ1) is 10.5. The van der Waals surface area contributed by atoms with Crippen LogP contribution in [-0.2, 0) is 6.54 Å². The van der Waals surface area contributed by atoms with E-state index >= 15 is 0 Å². The molecule has 2 rings (SSSR count). The number of pyridine rings is 1. The monoisotopic (exact) mass is 216 g/mol. The Balaban J connectivity index is 2.05. The molecule has 2 heterocycles. The average molecular weight is 216 g/mol. The van der Waals surface area contributed by atoms with E-state index in [1.54, 1.807) is 36.9 Å². The van der Waals surface area contributed by atoms with Gasteiger partial charge in [-0.15, -0.1) is 0 Å². The van der Waals surface area contributed by atoms with Crippen molar-refractivity contribution >= 4 is 0 Å². The summed E-state index contributed by atoms with van der Waals surface area (Å²) in [5, 5.41) is 3.02. The van der Waals surface area contributed by atoms with Crippen molar-refractivity contribution in [3.8, 4) is 11.8 Å². The van der Waals surface area contributed by atoms with Gasteiger partial charge in [-0.3, -0.25) is 4.98 Å². The lowest BCUT2D eigenvalue weighted by molar-refractivity contribution is 0.439. The third kappa shape index (κ3) is 2.74. The molecule has 0 unspecified atom stereocenters. The number of nitrogens with zero attached hydrogens (tertiary/aromatic N) is 3. The number of hydrogen-bond donors (Lipinski definition) is 1. The molecular weight excluding hydrogens is 204 g/mol. The van der Waals surface area contributed by atoms with Crippen LogP contribution in [0.4, 0.5) is 0 Å². The Hall–Kier alpha value is -2.01. The minimum absolute atomic E-state index is 0.327. The average Bonchev–Trinajstić information content (AvgIpc) is 2.33. The van der Waals surface area contributed by atoms with Gasteiger partial charge in [-0.1, -0.05) is 0 Å². The van der Waals surface area contributed by atoms with Crippen molar-refractivity contribution in [1.82, 2.24) is 20.3 Å². The molecule has 1 N–H and O–H groups in total. The van der Waals surface area contributed by atoms with Crippen LogP contribution in [0.5, 0.6) is 11.8 Å². The molecule has 0 aliphatic heterocycles. The second-order valence-electron chi connectivity index (χ2n) is 3.20. The molecule has 0 spiro atoms. The van der Waals surface area contributed by atoms with Crippen LogP contribution in [0.2, 0.25) is 0 Å². The third-order valence-electron chi connectivity index (χ3n) is 1.91. The van der Waals surface area contributed by atoms with Crippen LogP contribution in [0.15, 0.2) is 36.9 Å². The minimum atomic E-state index is 0.327. The molecule has 0 radical (unpaired) electrons. The Morgan fingerprint density at radius 2 is 2.06 bits per heavy atom. The lowest BCUT2D eigenvalue weighted by Crippen LogP contribution is -2.06. The van der Waals surface area contributed by atoms with Crippen molar-refractivity contribution in [1.29, 1.82) is 0 Å². The van der Waals surface area contributed by atoms with Crippen LogP contribution in [-0.4, -0.2) is 22.0 Å². The standard InChI is InChI=1S/C11H12N4O/c1-12-5-9-6-14-11(15-7-9)16-10-3-2-4-13-8-10/h2-4,6-8,12H,5H2,1H3. The maximum absolute atomic E-state index is 5.41. The van der Waals surface area contributed by atoms with E-state index in [2.05, 4.69) is 20.3 Å². The molecule has 0 saturated carbocycles. The zero-order valence-corrected chi connectivity index (χ0v) is 8.92. The molecule has 0 aromatic carbocycles. The fourth-order valence-corrected chi connectivity index (χ4v) is 1.20. The number of rotatable bonds is 4. The molecule has 0 saturated heterocycles. The van der Waals surface area contributed by atoms with Gasteiger partial charge in [-0.2, -0.15) is 0 Å². The highest BCUT2D eigenvalue weighted by Gasteiger charge is 1.99. The molecule has 16 heavy (non-hydrogen) atoms. The largest absolute Gasteiger partial charge is 0.423 e. The first-order valence-electron chi connectivity index (χ1n) is 4.92. The van der Waals surface area contributed by atoms with Crippen LogP contribution in [0.3, 0.4) is 0 Å². The summed E-state index contributed by atoms with van der Waals surface area (Å²) in [6.07, 6.45) is 6.76. The molecule has 0 amide bonds. The van der Waals surface area contributed by atoms with Gasteiger partial charge >= 0.3 is 6.01 Å². The highest BCUT2D eigenvalue weighted by Crippen LogP contribution is 2.14. The third-order valence-corrected chi connectivity index (χ3v) is 1.91. The molecule has 5 heteroatoms. The van der Waals surface area contributed by atoms with Crippen LogP contribution in [0.25, 0.3) is 0 Å². The molecule has 5 nitrogen and oxygen atoms in total. The first-order chi connectivity index (χ1) is 7.88. The predicted molar refractivity (Wildman–Crippen MR) is 59.1 cm³/mol. The summed E-state index contributed by atoms with van der Waals surface area (Å²) in [5.41, 5.74) is 1.01. The Bertz CT molecular complexity index is 429. The Morgan fingerprint density at radius 3 is 2.69 bits per heavy atom. The van der Waals surface area contributed by atoms with Gasteiger partial charge in [0, 0.05) is 30.7 Å². The summed E-state index contributed by atoms with van der Waals surface area (Å²) in [5.74, 6) is 0.629. The summed E-state index contributed by atoms with van der Waals surface area (Å²) in [7, 11) is 1.88. The van der Waals surface area contributed by atoms with Gasteiger partial charge in [0.05, 0.1) is 6.20 Å². The van der Waals surface area contributed by atoms with Crippen molar-refractivity contribution in [3.63, 3.8) is 0 Å². The summed E-state index contributed by atoms with van der Waals surface area (Å²) >= 11 is 0. The molecule has 82 valence electrons. The maximum Gasteiger partial charge on any atom is 0.321 e. The quantitative estimate of drug-likeness (QED) is 0.836. The van der Waals surface area contributed by atoms with E-state index in [-0.39, 0.29) is 0 Å². The molecule has 2 aromatic heterocycles. The number of aromatic nitrogens is 3. The van der Waals surface area contributed by atoms with E-state index < -0.39 is 0 Å². The Labute approximate surface area is 93.5 Å². The van der Waals surface area contributed by atoms with Gasteiger partial charge in [0.25, 0.3) is 0 Å². The van der Waals surface area contributed by atoms with Crippen LogP contribution in [0, 0.1) is 0 Å². The van der Waals surface area contributed by atoms with Gasteiger partial charge in [-0.05, 0) is 19.2 Å². The molecule has 0 aliphatic rings. The lowest BCUT2D eigenvalue weighted by atomic mass is 10.3.